The summed E-state index contributed by atoms with van der Waals surface area (Å²) >= 11 is 5.70. The molecule has 0 aliphatic carbocycles. The van der Waals surface area contributed by atoms with Crippen LogP contribution in [0.4, 0.5) is 13.2 Å². The van der Waals surface area contributed by atoms with E-state index in [0.29, 0.717) is 11.0 Å². The van der Waals surface area contributed by atoms with Crippen LogP contribution in [0.3, 0.4) is 0 Å². The molecule has 1 aromatic carbocycles. The number of amides is 2. The van der Waals surface area contributed by atoms with Crippen LogP contribution in [0.2, 0.25) is 0 Å². The Morgan fingerprint density at radius 2 is 1.83 bits per heavy atom. The minimum absolute atomic E-state index is 0.0319. The molecule has 8 heteroatoms. The Balaban J connectivity index is 2.43. The number of rotatable bonds is 1. The largest absolute Gasteiger partial charge is 0.273 e. The molecule has 1 aliphatic rings. The monoisotopic (exact) mass is 291 g/mol. The van der Waals surface area contributed by atoms with Crippen molar-refractivity contribution < 1.29 is 22.8 Å². The molecule has 0 aromatic heterocycles. The molecule has 3 nitrogen and oxygen atoms in total. The number of thiocarbonyl (C=S) groups is 1. The van der Waals surface area contributed by atoms with Gasteiger partial charge in [-0.05, 0) is 6.07 Å². The fourth-order valence-corrected chi connectivity index (χ4v) is 2.41. The quantitative estimate of drug-likeness (QED) is 0.451. The number of thioether (sulfide) groups is 1. The van der Waals surface area contributed by atoms with Crippen LogP contribution in [0.25, 0.3) is 0 Å². The maximum Gasteiger partial charge on any atom is 0.269 e. The first kappa shape index (κ1) is 13.0. The molecule has 0 bridgehead atoms. The van der Waals surface area contributed by atoms with Gasteiger partial charge in [-0.2, -0.15) is 0 Å². The number of carbonyl (C=O) groups is 2. The van der Waals surface area contributed by atoms with Gasteiger partial charge in [0.15, 0.2) is 16.0 Å². The van der Waals surface area contributed by atoms with E-state index in [0.717, 1.165) is 11.8 Å². The van der Waals surface area contributed by atoms with Crippen molar-refractivity contribution in [3.8, 4) is 0 Å². The summed E-state index contributed by atoms with van der Waals surface area (Å²) in [6.07, 6.45) is 0. The maximum absolute atomic E-state index is 13.4. The van der Waals surface area contributed by atoms with Crippen molar-refractivity contribution in [2.24, 2.45) is 0 Å². The lowest BCUT2D eigenvalue weighted by Gasteiger charge is -2.13. The van der Waals surface area contributed by atoms with Crippen molar-refractivity contribution in [3.63, 3.8) is 0 Å². The number of halogens is 3. The van der Waals surface area contributed by atoms with Crippen molar-refractivity contribution in [2.75, 3.05) is 5.75 Å². The average Bonchev–Trinajstić information content (AvgIpc) is 2.63. The van der Waals surface area contributed by atoms with Crippen LogP contribution in [0.1, 0.15) is 10.4 Å². The summed E-state index contributed by atoms with van der Waals surface area (Å²) in [6.45, 7) is 0. The van der Waals surface area contributed by atoms with Gasteiger partial charge in [0, 0.05) is 6.07 Å². The van der Waals surface area contributed by atoms with Gasteiger partial charge in [0.1, 0.15) is 5.82 Å². The molecule has 0 saturated carbocycles. The first-order valence-electron chi connectivity index (χ1n) is 4.60. The topological polar surface area (TPSA) is 37.4 Å². The van der Waals surface area contributed by atoms with Crippen LogP contribution in [0.5, 0.6) is 0 Å². The van der Waals surface area contributed by atoms with Crippen LogP contribution < -0.4 is 0 Å². The number of benzene rings is 1. The van der Waals surface area contributed by atoms with Crippen LogP contribution in [-0.2, 0) is 4.79 Å². The van der Waals surface area contributed by atoms with Crippen molar-refractivity contribution in [1.29, 1.82) is 0 Å². The fraction of sp³-hybridized carbons (Fsp3) is 0.100. The standard InChI is InChI=1S/C10H4F3NO2S2/c11-5-2-7(13)6(12)1-4(5)9(16)14-8(15)3-18-10(14)17/h1-2H,3H2. The highest BCUT2D eigenvalue weighted by atomic mass is 32.2. The molecule has 0 spiro atoms. The third-order valence-corrected chi connectivity index (χ3v) is 3.55. The molecular formula is C10H4F3NO2S2. The Labute approximate surface area is 109 Å². The second kappa shape index (κ2) is 4.69. The van der Waals surface area contributed by atoms with Gasteiger partial charge in [-0.25, -0.2) is 18.1 Å². The van der Waals surface area contributed by atoms with Crippen molar-refractivity contribution in [2.45, 2.75) is 0 Å². The van der Waals surface area contributed by atoms with Gasteiger partial charge in [-0.1, -0.05) is 24.0 Å². The number of imide groups is 1. The number of hydrogen-bond donors (Lipinski definition) is 0. The molecule has 0 atom stereocenters. The molecule has 94 valence electrons. The van der Waals surface area contributed by atoms with Crippen LogP contribution in [-0.4, -0.2) is 26.8 Å². The summed E-state index contributed by atoms with van der Waals surface area (Å²) in [7, 11) is 0. The third-order valence-electron chi connectivity index (χ3n) is 2.19. The lowest BCUT2D eigenvalue weighted by atomic mass is 10.1. The van der Waals surface area contributed by atoms with Gasteiger partial charge >= 0.3 is 0 Å². The Morgan fingerprint density at radius 1 is 1.22 bits per heavy atom. The molecule has 1 aliphatic heterocycles. The van der Waals surface area contributed by atoms with E-state index in [-0.39, 0.29) is 16.1 Å². The van der Waals surface area contributed by atoms with Crippen LogP contribution >= 0.6 is 24.0 Å². The second-order valence-electron chi connectivity index (χ2n) is 3.34. The summed E-state index contributed by atoms with van der Waals surface area (Å²) in [5, 5.41) is 0. The molecule has 1 aromatic rings. The zero-order valence-electron chi connectivity index (χ0n) is 8.58. The Hall–Kier alpha value is -1.41. The summed E-state index contributed by atoms with van der Waals surface area (Å²) in [6, 6.07) is 0.658. The maximum atomic E-state index is 13.4. The molecule has 1 heterocycles. The van der Waals surface area contributed by atoms with Crippen molar-refractivity contribution >= 4 is 40.1 Å². The van der Waals surface area contributed by atoms with Crippen molar-refractivity contribution in [1.82, 2.24) is 4.90 Å². The van der Waals surface area contributed by atoms with Crippen LogP contribution in [0, 0.1) is 17.5 Å². The lowest BCUT2D eigenvalue weighted by molar-refractivity contribution is -0.122. The smallest absolute Gasteiger partial charge is 0.269 e. The average molecular weight is 291 g/mol. The third kappa shape index (κ3) is 2.13. The zero-order chi connectivity index (χ0) is 13.4. The van der Waals surface area contributed by atoms with E-state index >= 15 is 0 Å². The zero-order valence-corrected chi connectivity index (χ0v) is 10.2. The van der Waals surface area contributed by atoms with E-state index in [1.54, 1.807) is 0 Å². The summed E-state index contributed by atoms with van der Waals surface area (Å²) < 4.78 is 39.0. The lowest BCUT2D eigenvalue weighted by Crippen LogP contribution is -2.35. The molecule has 1 saturated heterocycles. The van der Waals surface area contributed by atoms with E-state index < -0.39 is 34.8 Å². The highest BCUT2D eigenvalue weighted by Crippen LogP contribution is 2.23. The van der Waals surface area contributed by atoms with Gasteiger partial charge in [0.25, 0.3) is 5.91 Å². The minimum Gasteiger partial charge on any atom is -0.273 e. The molecule has 0 N–H and O–H groups in total. The van der Waals surface area contributed by atoms with Crippen LogP contribution in [0.15, 0.2) is 12.1 Å². The number of carbonyl (C=O) groups excluding carboxylic acids is 2. The SMILES string of the molecule is O=C1CSC(=S)N1C(=O)c1cc(F)c(F)cc1F. The second-order valence-corrected chi connectivity index (χ2v) is 4.94. The highest BCUT2D eigenvalue weighted by molar-refractivity contribution is 8.24. The molecule has 2 amide bonds. The van der Waals surface area contributed by atoms with E-state index in [2.05, 4.69) is 0 Å². The molecule has 2 rings (SSSR count). The van der Waals surface area contributed by atoms with Gasteiger partial charge < -0.3 is 0 Å². The Kier molecular flexibility index (Phi) is 3.40. The summed E-state index contributed by atoms with van der Waals surface area (Å²) in [5.74, 6) is -5.76. The first-order chi connectivity index (χ1) is 8.41. The number of hydrogen-bond acceptors (Lipinski definition) is 4. The predicted molar refractivity (Wildman–Crippen MR) is 62.5 cm³/mol. The van der Waals surface area contributed by atoms with E-state index in [1.165, 1.54) is 0 Å². The van der Waals surface area contributed by atoms with Gasteiger partial charge in [0.05, 0.1) is 11.3 Å². The molecular weight excluding hydrogens is 287 g/mol. The predicted octanol–water partition coefficient (Wildman–Crippen LogP) is 2.10. The normalized spacial score (nSPS) is 15.4. The molecule has 1 fully saturated rings. The Morgan fingerprint density at radius 3 is 2.39 bits per heavy atom. The summed E-state index contributed by atoms with van der Waals surface area (Å²) in [5.41, 5.74) is -0.730. The fourth-order valence-electron chi connectivity index (χ4n) is 1.36. The first-order valence-corrected chi connectivity index (χ1v) is 6.00. The molecule has 0 unspecified atom stereocenters. The van der Waals surface area contributed by atoms with Gasteiger partial charge in [0.2, 0.25) is 5.91 Å². The van der Waals surface area contributed by atoms with Gasteiger partial charge in [-0.15, -0.1) is 0 Å². The summed E-state index contributed by atoms with van der Waals surface area (Å²) in [4.78, 5) is 23.8. The molecule has 0 radical (unpaired) electrons. The number of nitrogens with zero attached hydrogens (tertiary/aromatic N) is 1. The van der Waals surface area contributed by atoms with E-state index in [1.807, 2.05) is 0 Å². The van der Waals surface area contributed by atoms with Gasteiger partial charge in [-0.3, -0.25) is 9.59 Å². The van der Waals surface area contributed by atoms with E-state index in [9.17, 15) is 22.8 Å². The highest BCUT2D eigenvalue weighted by Gasteiger charge is 2.34. The molecule has 18 heavy (non-hydrogen) atoms. The van der Waals surface area contributed by atoms with Crippen molar-refractivity contribution in [3.05, 3.63) is 35.1 Å². The minimum atomic E-state index is -1.41. The van der Waals surface area contributed by atoms with E-state index in [4.69, 9.17) is 12.2 Å². The Bertz CT molecular complexity index is 560.